The molecule has 0 spiro atoms. The molecule has 0 radical (unpaired) electrons. The van der Waals surface area contributed by atoms with Gasteiger partial charge in [-0.1, -0.05) is 26.0 Å². The van der Waals surface area contributed by atoms with E-state index < -0.39 is 0 Å². The molecular formula is C14H19NO2. The van der Waals surface area contributed by atoms with Crippen molar-refractivity contribution < 1.29 is 4.74 Å². The molecule has 0 N–H and O–H groups in total. The first-order chi connectivity index (χ1) is 8.16. The summed E-state index contributed by atoms with van der Waals surface area (Å²) in [5.74, 6) is 0.675. The molecule has 0 unspecified atom stereocenters. The second kappa shape index (κ2) is 5.53. The third-order valence-electron chi connectivity index (χ3n) is 2.68. The molecule has 1 aromatic heterocycles. The van der Waals surface area contributed by atoms with Gasteiger partial charge in [0, 0.05) is 12.4 Å². The van der Waals surface area contributed by atoms with Crippen LogP contribution in [0.4, 0.5) is 0 Å². The molecule has 3 heteroatoms. The lowest BCUT2D eigenvalue weighted by Crippen LogP contribution is -2.20. The lowest BCUT2D eigenvalue weighted by atomic mass is 10.1. The molecule has 0 aliphatic carbocycles. The van der Waals surface area contributed by atoms with Crippen LogP contribution in [-0.4, -0.2) is 11.7 Å². The van der Waals surface area contributed by atoms with Crippen LogP contribution in [0.5, 0.6) is 5.75 Å². The highest BCUT2D eigenvalue weighted by Crippen LogP contribution is 2.25. The Morgan fingerprint density at radius 2 is 1.76 bits per heavy atom. The summed E-state index contributed by atoms with van der Waals surface area (Å²) in [5, 5.41) is 0.972. The number of benzene rings is 1. The van der Waals surface area contributed by atoms with Crippen molar-refractivity contribution in [2.24, 2.45) is 7.05 Å². The average molecular weight is 233 g/mol. The first kappa shape index (κ1) is 13.3. The third-order valence-corrected chi connectivity index (χ3v) is 2.68. The van der Waals surface area contributed by atoms with Crippen LogP contribution in [0.2, 0.25) is 0 Å². The van der Waals surface area contributed by atoms with E-state index in [1.54, 1.807) is 25.6 Å². The molecule has 1 heterocycles. The van der Waals surface area contributed by atoms with Crippen molar-refractivity contribution >= 4 is 10.9 Å². The monoisotopic (exact) mass is 233 g/mol. The molecule has 3 nitrogen and oxygen atoms in total. The number of aromatic nitrogens is 1. The molecule has 1 aromatic carbocycles. The van der Waals surface area contributed by atoms with Gasteiger partial charge in [0.15, 0.2) is 0 Å². The predicted octanol–water partition coefficient (Wildman–Crippen LogP) is 2.88. The van der Waals surface area contributed by atoms with E-state index in [1.807, 2.05) is 38.1 Å². The number of aryl methyl sites for hydroxylation is 1. The van der Waals surface area contributed by atoms with E-state index in [0.717, 1.165) is 10.9 Å². The van der Waals surface area contributed by atoms with Gasteiger partial charge in [-0.3, -0.25) is 4.79 Å². The van der Waals surface area contributed by atoms with Gasteiger partial charge in [0.05, 0.1) is 18.2 Å². The van der Waals surface area contributed by atoms with Crippen molar-refractivity contribution in [3.05, 3.63) is 40.2 Å². The van der Waals surface area contributed by atoms with E-state index in [0.29, 0.717) is 11.3 Å². The van der Waals surface area contributed by atoms with Crippen molar-refractivity contribution in [3.63, 3.8) is 0 Å². The number of methoxy groups -OCH3 is 1. The number of para-hydroxylation sites is 1. The third kappa shape index (κ3) is 2.18. The summed E-state index contributed by atoms with van der Waals surface area (Å²) in [4.78, 5) is 11.8. The zero-order chi connectivity index (χ0) is 13.0. The number of pyridine rings is 1. The summed E-state index contributed by atoms with van der Waals surface area (Å²) >= 11 is 0. The fourth-order valence-corrected chi connectivity index (χ4v) is 1.88. The highest BCUT2D eigenvalue weighted by molar-refractivity contribution is 5.86. The second-order valence-corrected chi connectivity index (χ2v) is 3.54. The normalized spacial score (nSPS) is 9.71. The molecular weight excluding hydrogens is 214 g/mol. The molecule has 0 fully saturated rings. The van der Waals surface area contributed by atoms with Crippen LogP contribution >= 0.6 is 0 Å². The fourth-order valence-electron chi connectivity index (χ4n) is 1.88. The Bertz CT molecular complexity index is 570. The zero-order valence-corrected chi connectivity index (χ0v) is 11.1. The molecule has 2 rings (SSSR count). The lowest BCUT2D eigenvalue weighted by molar-refractivity contribution is 0.415. The Hall–Kier alpha value is -1.77. The maximum atomic E-state index is 11.8. The first-order valence-corrected chi connectivity index (χ1v) is 5.79. The number of ether oxygens (including phenoxy) is 1. The number of hydrogen-bond acceptors (Lipinski definition) is 2. The van der Waals surface area contributed by atoms with Crippen molar-refractivity contribution in [2.75, 3.05) is 7.11 Å². The molecule has 0 aliphatic heterocycles. The van der Waals surface area contributed by atoms with Gasteiger partial charge < -0.3 is 9.30 Å². The van der Waals surface area contributed by atoms with Crippen molar-refractivity contribution in [1.29, 1.82) is 0 Å². The molecule has 17 heavy (non-hydrogen) atoms. The summed E-state index contributed by atoms with van der Waals surface area (Å²) < 4.78 is 6.93. The van der Waals surface area contributed by atoms with Gasteiger partial charge in [-0.2, -0.15) is 0 Å². The van der Waals surface area contributed by atoms with Gasteiger partial charge in [0.25, 0.3) is 5.56 Å². The first-order valence-electron chi connectivity index (χ1n) is 5.79. The summed E-state index contributed by atoms with van der Waals surface area (Å²) in [5.41, 5.74) is 1.54. The molecule has 0 aliphatic rings. The van der Waals surface area contributed by atoms with Crippen LogP contribution in [0.25, 0.3) is 10.9 Å². The average Bonchev–Trinajstić information content (AvgIpc) is 2.39. The smallest absolute Gasteiger partial charge is 0.257 e. The Morgan fingerprint density at radius 3 is 2.35 bits per heavy atom. The van der Waals surface area contributed by atoms with Crippen LogP contribution in [-0.2, 0) is 7.05 Å². The highest BCUT2D eigenvalue weighted by Gasteiger charge is 2.10. The van der Waals surface area contributed by atoms with Gasteiger partial charge in [0.1, 0.15) is 5.75 Å². The Labute approximate surface area is 102 Å². The Balaban J connectivity index is 0.000000686. The van der Waals surface area contributed by atoms with E-state index in [2.05, 4.69) is 0 Å². The van der Waals surface area contributed by atoms with E-state index in [4.69, 9.17) is 4.74 Å². The SMILES string of the molecule is CC.COc1c(C)c(=O)n(C)c2ccccc12. The van der Waals surface area contributed by atoms with E-state index in [9.17, 15) is 4.79 Å². The Kier molecular flexibility index (Phi) is 4.32. The van der Waals surface area contributed by atoms with Gasteiger partial charge in [-0.05, 0) is 19.1 Å². The topological polar surface area (TPSA) is 31.2 Å². The minimum absolute atomic E-state index is 0.00875. The number of nitrogens with zero attached hydrogens (tertiary/aromatic N) is 1. The molecule has 92 valence electrons. The molecule has 0 atom stereocenters. The highest BCUT2D eigenvalue weighted by atomic mass is 16.5. The summed E-state index contributed by atoms with van der Waals surface area (Å²) in [6.07, 6.45) is 0. The molecule has 0 amide bonds. The van der Waals surface area contributed by atoms with E-state index in [-0.39, 0.29) is 5.56 Å². The van der Waals surface area contributed by atoms with Crippen molar-refractivity contribution in [1.82, 2.24) is 4.57 Å². The van der Waals surface area contributed by atoms with Gasteiger partial charge in [-0.25, -0.2) is 0 Å². The van der Waals surface area contributed by atoms with Crippen LogP contribution < -0.4 is 10.3 Å². The summed E-state index contributed by atoms with van der Waals surface area (Å²) in [6, 6.07) is 7.73. The van der Waals surface area contributed by atoms with Crippen LogP contribution in [0.1, 0.15) is 19.4 Å². The Morgan fingerprint density at radius 1 is 1.18 bits per heavy atom. The van der Waals surface area contributed by atoms with Gasteiger partial charge >= 0.3 is 0 Å². The molecule has 0 saturated heterocycles. The standard InChI is InChI=1S/C12H13NO2.C2H6/c1-8-11(15-3)9-6-4-5-7-10(9)13(2)12(8)14;1-2/h4-7H,1-3H3;1-2H3. The second-order valence-electron chi connectivity index (χ2n) is 3.54. The quantitative estimate of drug-likeness (QED) is 0.758. The van der Waals surface area contributed by atoms with Crippen LogP contribution in [0.3, 0.4) is 0 Å². The summed E-state index contributed by atoms with van der Waals surface area (Å²) in [6.45, 7) is 5.79. The lowest BCUT2D eigenvalue weighted by Gasteiger charge is -2.11. The number of fused-ring (bicyclic) bond motifs is 1. The minimum atomic E-state index is -0.00875. The van der Waals surface area contributed by atoms with Crippen LogP contribution in [0, 0.1) is 6.92 Å². The maximum Gasteiger partial charge on any atom is 0.257 e. The van der Waals surface area contributed by atoms with Crippen molar-refractivity contribution in [3.8, 4) is 5.75 Å². The van der Waals surface area contributed by atoms with Crippen LogP contribution in [0.15, 0.2) is 29.1 Å². The van der Waals surface area contributed by atoms with E-state index in [1.165, 1.54) is 0 Å². The molecule has 2 aromatic rings. The molecule has 0 bridgehead atoms. The van der Waals surface area contributed by atoms with E-state index >= 15 is 0 Å². The fraction of sp³-hybridized carbons (Fsp3) is 0.357. The minimum Gasteiger partial charge on any atom is -0.496 e. The number of hydrogen-bond donors (Lipinski definition) is 0. The largest absolute Gasteiger partial charge is 0.496 e. The maximum absolute atomic E-state index is 11.8. The van der Waals surface area contributed by atoms with Gasteiger partial charge in [-0.15, -0.1) is 0 Å². The molecule has 0 saturated carbocycles. The zero-order valence-electron chi connectivity index (χ0n) is 11.1. The predicted molar refractivity (Wildman–Crippen MR) is 71.8 cm³/mol. The summed E-state index contributed by atoms with van der Waals surface area (Å²) in [7, 11) is 3.37. The number of rotatable bonds is 1. The van der Waals surface area contributed by atoms with Gasteiger partial charge in [0.2, 0.25) is 0 Å². The van der Waals surface area contributed by atoms with Crippen molar-refractivity contribution in [2.45, 2.75) is 20.8 Å².